The van der Waals surface area contributed by atoms with Gasteiger partial charge in [0.05, 0.1) is 73.4 Å². The molecule has 0 aliphatic carbocycles. The molecule has 4 saturated heterocycles. The van der Waals surface area contributed by atoms with Gasteiger partial charge < -0.3 is 62.3 Å². The zero-order chi connectivity index (χ0) is 97.6. The number of rotatable bonds is 27. The summed E-state index contributed by atoms with van der Waals surface area (Å²) in [5, 5.41) is 18.2. The van der Waals surface area contributed by atoms with Gasteiger partial charge in [-0.1, -0.05) is 119 Å². The number of pyridine rings is 8. The summed E-state index contributed by atoms with van der Waals surface area (Å²) in [6.45, 7) is 16.8. The summed E-state index contributed by atoms with van der Waals surface area (Å²) in [5.41, 5.74) is 34.2. The Morgan fingerprint density at radius 3 is 0.807 bits per heavy atom. The quantitative estimate of drug-likeness (QED) is 0.0251. The van der Waals surface area contributed by atoms with E-state index in [0.717, 1.165) is 135 Å². The Kier molecular flexibility index (Phi) is 31.8. The van der Waals surface area contributed by atoms with Crippen molar-refractivity contribution in [2.45, 2.75) is 117 Å². The number of aromatic nitrogens is 16. The number of halogens is 4. The zero-order valence-corrected chi connectivity index (χ0v) is 81.5. The summed E-state index contributed by atoms with van der Waals surface area (Å²) in [6.07, 6.45) is 11.8. The molecule has 16 aromatic rings. The minimum Gasteiger partial charge on any atom is -0.379 e. The third kappa shape index (κ3) is 23.2. The van der Waals surface area contributed by atoms with Gasteiger partial charge in [0.25, 0.3) is 22.2 Å². The first-order valence-electron chi connectivity index (χ1n) is 46.7. The lowest BCUT2D eigenvalue weighted by Gasteiger charge is -2.17. The molecule has 720 valence electrons. The Balaban J connectivity index is 0.000000129. The lowest BCUT2D eigenvalue weighted by molar-refractivity contribution is 0.195. The highest BCUT2D eigenvalue weighted by Crippen LogP contribution is 2.38. The Morgan fingerprint density at radius 1 is 0.329 bits per heavy atom. The third-order valence-corrected chi connectivity index (χ3v) is 25.7. The van der Waals surface area contributed by atoms with Gasteiger partial charge in [-0.15, -0.1) is 0 Å². The average molecular weight is 1960 g/mol. The number of likely N-dealkylation sites (N-methyl/N-ethyl adjacent to an activating group) is 1. The minimum absolute atomic E-state index is 0.137. The molecule has 4 fully saturated rings. The molecular formula is C104H108Cl4N24O8. The van der Waals surface area contributed by atoms with E-state index >= 15 is 0 Å². The van der Waals surface area contributed by atoms with Crippen LogP contribution in [-0.2, 0) is 45.1 Å². The molecule has 0 amide bonds. The van der Waals surface area contributed by atoms with Crippen molar-refractivity contribution in [2.24, 2.45) is 17.2 Å². The number of fused-ring (bicyclic) bond motifs is 4. The second kappa shape index (κ2) is 45.3. The van der Waals surface area contributed by atoms with Gasteiger partial charge in [0.1, 0.15) is 22.6 Å². The molecule has 4 atom stereocenters. The standard InChI is InChI=1S/C27H29ClN6O2.2C26H27ClN6O2.C25H25ClN6O2/c1-17-5-4-6-24(30-17)18-7-8-21(23(28)14-18)22-13-19-15-29-27(31-20-9-12-36-16-20)32-25(19)34(26(22)35)11-10-33(2)3;2*1-16-4-2-5-23(30-16)17-6-7-20(22(27)13-17)21-12-18-14-29-26(31-19-8-11-35-15-19)32-24(18)33(25(21)34)10-3-9-28;1-15-3-2-4-22(29-15)16-5-6-19(21(26)12-16)20-11-17-13-28-25(30-18-7-10-34-14-18)31-23(17)32(9-8-27)24(20)33/h4-8,13-15,20H,9-12,16H2,1-3H3,(H,29,31,32);2*2,4-7,12-14,19H,3,8-11,15,28H2,1H3,(H,29,31,32);2-6,11-13,18H,7-10,14,27H2,1H3,(H,28,30,31)/t20-;2*19-;18-/m1101/s1. The van der Waals surface area contributed by atoms with Crippen LogP contribution in [0.1, 0.15) is 61.3 Å². The van der Waals surface area contributed by atoms with Crippen LogP contribution in [0.25, 0.3) is 134 Å². The molecular weight excluding hydrogens is 1860 g/mol. The fourth-order valence-electron chi connectivity index (χ4n) is 17.2. The number of aryl methyl sites for hydroxylation is 6. The van der Waals surface area contributed by atoms with Crippen molar-refractivity contribution in [3.8, 4) is 89.5 Å². The lowest BCUT2D eigenvalue weighted by atomic mass is 10.0. The van der Waals surface area contributed by atoms with Crippen molar-refractivity contribution in [3.63, 3.8) is 0 Å². The van der Waals surface area contributed by atoms with Gasteiger partial charge in [-0.25, -0.2) is 19.9 Å². The van der Waals surface area contributed by atoms with Gasteiger partial charge in [0, 0.05) is 222 Å². The normalized spacial score (nSPS) is 15.6. The highest BCUT2D eigenvalue weighted by atomic mass is 35.5. The third-order valence-electron chi connectivity index (χ3n) is 24.4. The fraction of sp³-hybridized carbons (Fsp3) is 0.308. The molecule has 4 aromatic carbocycles. The van der Waals surface area contributed by atoms with Gasteiger partial charge in [-0.05, 0) is 190 Å². The van der Waals surface area contributed by atoms with E-state index in [0.29, 0.717) is 209 Å². The van der Waals surface area contributed by atoms with Crippen LogP contribution < -0.4 is 60.7 Å². The van der Waals surface area contributed by atoms with Gasteiger partial charge in [0.2, 0.25) is 23.8 Å². The van der Waals surface area contributed by atoms with Crippen LogP contribution in [0.15, 0.2) is 214 Å². The number of hydrogen-bond donors (Lipinski definition) is 7. The van der Waals surface area contributed by atoms with E-state index in [1.807, 2.05) is 210 Å². The van der Waals surface area contributed by atoms with Crippen molar-refractivity contribution in [1.82, 2.24) is 83.0 Å². The Bertz CT molecular complexity index is 7270. The number of benzene rings is 4. The maximum Gasteiger partial charge on any atom is 0.260 e. The van der Waals surface area contributed by atoms with Crippen molar-refractivity contribution in [3.05, 3.63) is 279 Å². The van der Waals surface area contributed by atoms with E-state index in [2.05, 4.69) is 76.1 Å². The number of anilines is 4. The van der Waals surface area contributed by atoms with Gasteiger partial charge >= 0.3 is 0 Å². The van der Waals surface area contributed by atoms with Crippen molar-refractivity contribution in [1.29, 1.82) is 0 Å². The van der Waals surface area contributed by atoms with Crippen molar-refractivity contribution < 1.29 is 18.9 Å². The molecule has 12 aromatic heterocycles. The number of ether oxygens (including phenoxy) is 4. The Labute approximate surface area is 827 Å². The number of hydrogen-bond acceptors (Lipinski definition) is 28. The van der Waals surface area contributed by atoms with Gasteiger partial charge in [-0.3, -0.25) is 57.4 Å². The SMILES string of the molecule is Cc1cccc(-c2ccc(-c3cc4cnc(N[C@@H]5CCOC5)nc4n(CCCN)c3=O)c(Cl)c2)n1.Cc1cccc(-c2ccc(-c3cc4cnc(N[C@@H]5CCOC5)nc4n(CCN(C)C)c3=O)c(Cl)c2)n1.Cc1cccc(-c2ccc(-c3cc4cnc(N[C@@H]5CCOC5)nc4n(CCN)c3=O)c(Cl)c2)n1.Cc1cccc(-c2ccc(-c3cc4cnc(N[C@H]5CCOC5)nc4n(CCCN)c3=O)c(Cl)c2)n1. The first-order valence-corrected chi connectivity index (χ1v) is 48.2. The van der Waals surface area contributed by atoms with Crippen molar-refractivity contribution >= 4 is 114 Å². The molecule has 0 unspecified atom stereocenters. The molecule has 36 heteroatoms. The fourth-order valence-corrected chi connectivity index (χ4v) is 18.3. The second-order valence-electron chi connectivity index (χ2n) is 35.1. The summed E-state index contributed by atoms with van der Waals surface area (Å²) in [6, 6.07) is 53.9. The maximum absolute atomic E-state index is 13.8. The number of nitrogens with two attached hydrogens (primary N) is 3. The average Bonchev–Trinajstić information content (AvgIpc) is 1.12. The highest BCUT2D eigenvalue weighted by molar-refractivity contribution is 6.35. The molecule has 20 rings (SSSR count). The van der Waals surface area contributed by atoms with Gasteiger partial charge in [0.15, 0.2) is 0 Å². The molecule has 0 radical (unpaired) electrons. The van der Waals surface area contributed by atoms with Crippen LogP contribution in [0.3, 0.4) is 0 Å². The number of nitrogens with zero attached hydrogens (tertiary/aromatic N) is 17. The Morgan fingerprint density at radius 2 is 0.586 bits per heavy atom. The van der Waals surface area contributed by atoms with Crippen LogP contribution in [0.5, 0.6) is 0 Å². The Hall–Kier alpha value is -13.3. The smallest absolute Gasteiger partial charge is 0.260 e. The molecule has 0 saturated carbocycles. The van der Waals surface area contributed by atoms with Crippen LogP contribution in [0.2, 0.25) is 20.1 Å². The summed E-state index contributed by atoms with van der Waals surface area (Å²) in [4.78, 5) is 112. The van der Waals surface area contributed by atoms with Gasteiger partial charge in [-0.2, -0.15) is 19.9 Å². The van der Waals surface area contributed by atoms with Crippen LogP contribution in [0.4, 0.5) is 23.8 Å². The van der Waals surface area contributed by atoms with Crippen LogP contribution >= 0.6 is 46.4 Å². The molecule has 0 spiro atoms. The topological polar surface area (TPSA) is 409 Å². The molecule has 140 heavy (non-hydrogen) atoms. The molecule has 4 aliphatic heterocycles. The first-order chi connectivity index (χ1) is 68.0. The number of nitrogens with one attached hydrogen (secondary N) is 4. The lowest BCUT2D eigenvalue weighted by Crippen LogP contribution is -2.29. The first kappa shape index (κ1) is 98.3. The summed E-state index contributed by atoms with van der Waals surface area (Å²) in [7, 11) is 3.96. The molecule has 4 aliphatic rings. The largest absolute Gasteiger partial charge is 0.379 e. The zero-order valence-electron chi connectivity index (χ0n) is 78.5. The molecule has 32 nitrogen and oxygen atoms in total. The van der Waals surface area contributed by atoms with E-state index in [1.165, 1.54) is 0 Å². The summed E-state index contributed by atoms with van der Waals surface area (Å²) in [5.74, 6) is 1.93. The van der Waals surface area contributed by atoms with Crippen molar-refractivity contribution in [2.75, 3.05) is 114 Å². The molecule has 10 N–H and O–H groups in total. The van der Waals surface area contributed by atoms with Crippen LogP contribution in [0, 0.1) is 27.7 Å². The summed E-state index contributed by atoms with van der Waals surface area (Å²) < 4.78 is 28.4. The van der Waals surface area contributed by atoms with E-state index in [1.54, 1.807) is 49.1 Å². The molecule has 16 heterocycles. The maximum atomic E-state index is 13.8. The second-order valence-corrected chi connectivity index (χ2v) is 36.7. The highest BCUT2D eigenvalue weighted by Gasteiger charge is 2.27. The summed E-state index contributed by atoms with van der Waals surface area (Å²) >= 11 is 26.8. The minimum atomic E-state index is -0.199. The molecule has 0 bridgehead atoms. The monoisotopic (exact) mass is 1960 g/mol. The van der Waals surface area contributed by atoms with E-state index in [-0.39, 0.29) is 46.4 Å². The van der Waals surface area contributed by atoms with Crippen LogP contribution in [-0.4, -0.2) is 200 Å². The van der Waals surface area contributed by atoms with E-state index in [9.17, 15) is 19.2 Å². The predicted molar refractivity (Wildman–Crippen MR) is 555 cm³/mol. The van der Waals surface area contributed by atoms with E-state index in [4.69, 9.17) is 87.5 Å². The van der Waals surface area contributed by atoms with E-state index < -0.39 is 0 Å². The predicted octanol–water partition coefficient (Wildman–Crippen LogP) is 16.0.